The molecule has 1 saturated carbocycles. The molecule has 2 aliphatic rings. The SMILES string of the molecule is FC(F)(F)C1(NCC2CCNCC2)CC1. The first kappa shape index (κ1) is 11.2. The van der Waals surface area contributed by atoms with Crippen LogP contribution < -0.4 is 10.6 Å². The molecule has 0 unspecified atom stereocenters. The van der Waals surface area contributed by atoms with Gasteiger partial charge in [-0.05, 0) is 51.2 Å². The van der Waals surface area contributed by atoms with E-state index in [1.165, 1.54) is 0 Å². The third-order valence-corrected chi connectivity index (χ3v) is 3.48. The average Bonchev–Trinajstić information content (AvgIpc) is 2.96. The predicted octanol–water partition coefficient (Wildman–Crippen LogP) is 1.67. The lowest BCUT2D eigenvalue weighted by Crippen LogP contribution is -2.47. The van der Waals surface area contributed by atoms with Crippen LogP contribution in [0.2, 0.25) is 0 Å². The molecule has 1 heterocycles. The van der Waals surface area contributed by atoms with Crippen LogP contribution in [0.5, 0.6) is 0 Å². The third-order valence-electron chi connectivity index (χ3n) is 3.48. The molecule has 0 atom stereocenters. The molecule has 0 bridgehead atoms. The highest BCUT2D eigenvalue weighted by atomic mass is 19.4. The van der Waals surface area contributed by atoms with Crippen LogP contribution in [-0.2, 0) is 0 Å². The van der Waals surface area contributed by atoms with Crippen LogP contribution in [0, 0.1) is 5.92 Å². The van der Waals surface area contributed by atoms with Crippen molar-refractivity contribution >= 4 is 0 Å². The fourth-order valence-corrected chi connectivity index (χ4v) is 2.11. The molecule has 0 amide bonds. The summed E-state index contributed by atoms with van der Waals surface area (Å²) in [4.78, 5) is 0. The molecule has 2 fully saturated rings. The summed E-state index contributed by atoms with van der Waals surface area (Å²) in [5, 5.41) is 5.93. The van der Waals surface area contributed by atoms with Gasteiger partial charge in [0.2, 0.25) is 0 Å². The van der Waals surface area contributed by atoms with Crippen molar-refractivity contribution in [3.05, 3.63) is 0 Å². The maximum absolute atomic E-state index is 12.6. The maximum atomic E-state index is 12.6. The number of hydrogen-bond acceptors (Lipinski definition) is 2. The molecule has 0 radical (unpaired) electrons. The summed E-state index contributed by atoms with van der Waals surface area (Å²) in [5.41, 5.74) is -1.53. The molecule has 1 aliphatic heterocycles. The Hall–Kier alpha value is -0.290. The fourth-order valence-electron chi connectivity index (χ4n) is 2.11. The molecular weight excluding hydrogens is 205 g/mol. The standard InChI is InChI=1S/C10H17F3N2/c11-10(12,13)9(3-4-9)15-7-8-1-5-14-6-2-8/h8,14-15H,1-7H2. The van der Waals surface area contributed by atoms with Crippen molar-refractivity contribution in [1.82, 2.24) is 10.6 Å². The summed E-state index contributed by atoms with van der Waals surface area (Å²) >= 11 is 0. The molecule has 88 valence electrons. The van der Waals surface area contributed by atoms with E-state index >= 15 is 0 Å². The summed E-state index contributed by atoms with van der Waals surface area (Å²) in [5.74, 6) is 0.408. The Kier molecular flexibility index (Phi) is 2.94. The van der Waals surface area contributed by atoms with E-state index in [1.54, 1.807) is 0 Å². The van der Waals surface area contributed by atoms with Crippen LogP contribution in [0.4, 0.5) is 13.2 Å². The molecule has 15 heavy (non-hydrogen) atoms. The van der Waals surface area contributed by atoms with Gasteiger partial charge in [-0.2, -0.15) is 13.2 Å². The summed E-state index contributed by atoms with van der Waals surface area (Å²) < 4.78 is 37.7. The number of nitrogens with one attached hydrogen (secondary N) is 2. The Balaban J connectivity index is 1.77. The number of alkyl halides is 3. The second-order valence-corrected chi connectivity index (χ2v) is 4.65. The fraction of sp³-hybridized carbons (Fsp3) is 1.00. The highest BCUT2D eigenvalue weighted by Crippen LogP contribution is 2.48. The van der Waals surface area contributed by atoms with E-state index in [9.17, 15) is 13.2 Å². The molecule has 0 aromatic rings. The molecule has 1 saturated heterocycles. The summed E-state index contributed by atoms with van der Waals surface area (Å²) in [6, 6.07) is 0. The van der Waals surface area contributed by atoms with Gasteiger partial charge in [-0.3, -0.25) is 0 Å². The molecule has 0 aromatic carbocycles. The predicted molar refractivity (Wildman–Crippen MR) is 51.6 cm³/mol. The summed E-state index contributed by atoms with van der Waals surface area (Å²) in [6.45, 7) is 2.39. The molecule has 2 rings (SSSR count). The van der Waals surface area contributed by atoms with Gasteiger partial charge in [-0.1, -0.05) is 0 Å². The van der Waals surface area contributed by atoms with Gasteiger partial charge in [-0.15, -0.1) is 0 Å². The van der Waals surface area contributed by atoms with E-state index in [4.69, 9.17) is 0 Å². The number of piperidine rings is 1. The summed E-state index contributed by atoms with van der Waals surface area (Å²) in [6.07, 6.45) is -1.59. The van der Waals surface area contributed by atoms with Crippen molar-refractivity contribution in [2.45, 2.75) is 37.4 Å². The summed E-state index contributed by atoms with van der Waals surface area (Å²) in [7, 11) is 0. The first-order valence-electron chi connectivity index (χ1n) is 5.56. The lowest BCUT2D eigenvalue weighted by atomic mass is 9.97. The van der Waals surface area contributed by atoms with Gasteiger partial charge in [0.05, 0.1) is 0 Å². The molecular formula is C10H17F3N2. The maximum Gasteiger partial charge on any atom is 0.406 e. The number of rotatable bonds is 3. The minimum atomic E-state index is -4.07. The Morgan fingerprint density at radius 3 is 2.27 bits per heavy atom. The topological polar surface area (TPSA) is 24.1 Å². The molecule has 2 nitrogen and oxygen atoms in total. The molecule has 5 heteroatoms. The van der Waals surface area contributed by atoms with Crippen LogP contribution in [0.1, 0.15) is 25.7 Å². The van der Waals surface area contributed by atoms with E-state index in [0.717, 1.165) is 25.9 Å². The van der Waals surface area contributed by atoms with Gasteiger partial charge < -0.3 is 10.6 Å². The van der Waals surface area contributed by atoms with Gasteiger partial charge in [0.25, 0.3) is 0 Å². The number of hydrogen-bond donors (Lipinski definition) is 2. The van der Waals surface area contributed by atoms with E-state index in [-0.39, 0.29) is 12.8 Å². The Bertz CT molecular complexity index is 217. The zero-order valence-corrected chi connectivity index (χ0v) is 8.66. The monoisotopic (exact) mass is 222 g/mol. The van der Waals surface area contributed by atoms with Gasteiger partial charge >= 0.3 is 6.18 Å². The van der Waals surface area contributed by atoms with Crippen LogP contribution in [0.15, 0.2) is 0 Å². The van der Waals surface area contributed by atoms with Gasteiger partial charge in [-0.25, -0.2) is 0 Å². The molecule has 2 N–H and O–H groups in total. The van der Waals surface area contributed by atoms with Crippen LogP contribution in [0.25, 0.3) is 0 Å². The molecule has 0 spiro atoms. The zero-order chi connectivity index (χ0) is 10.9. The van der Waals surface area contributed by atoms with Crippen LogP contribution >= 0.6 is 0 Å². The van der Waals surface area contributed by atoms with Crippen molar-refractivity contribution in [3.63, 3.8) is 0 Å². The van der Waals surface area contributed by atoms with Crippen molar-refractivity contribution in [2.75, 3.05) is 19.6 Å². The largest absolute Gasteiger partial charge is 0.406 e. The first-order valence-corrected chi connectivity index (χ1v) is 5.56. The van der Waals surface area contributed by atoms with Crippen molar-refractivity contribution in [1.29, 1.82) is 0 Å². The second kappa shape index (κ2) is 3.94. The third kappa shape index (κ3) is 2.45. The minimum absolute atomic E-state index is 0.251. The van der Waals surface area contributed by atoms with E-state index in [0.29, 0.717) is 12.5 Å². The van der Waals surface area contributed by atoms with Crippen LogP contribution in [0.3, 0.4) is 0 Å². The highest BCUT2D eigenvalue weighted by Gasteiger charge is 2.63. The zero-order valence-electron chi connectivity index (χ0n) is 8.66. The van der Waals surface area contributed by atoms with Crippen LogP contribution in [-0.4, -0.2) is 31.3 Å². The van der Waals surface area contributed by atoms with Gasteiger partial charge in [0.1, 0.15) is 5.54 Å². The van der Waals surface area contributed by atoms with Gasteiger partial charge in [0, 0.05) is 0 Å². The van der Waals surface area contributed by atoms with Crippen molar-refractivity contribution in [3.8, 4) is 0 Å². The lowest BCUT2D eigenvalue weighted by Gasteiger charge is -2.27. The normalized spacial score (nSPS) is 26.6. The average molecular weight is 222 g/mol. The highest BCUT2D eigenvalue weighted by molar-refractivity contribution is 5.08. The van der Waals surface area contributed by atoms with Gasteiger partial charge in [0.15, 0.2) is 0 Å². The van der Waals surface area contributed by atoms with Crippen molar-refractivity contribution in [2.24, 2.45) is 5.92 Å². The Morgan fingerprint density at radius 2 is 1.80 bits per heavy atom. The van der Waals surface area contributed by atoms with E-state index < -0.39 is 11.7 Å². The second-order valence-electron chi connectivity index (χ2n) is 4.65. The van der Waals surface area contributed by atoms with Crippen molar-refractivity contribution < 1.29 is 13.2 Å². The smallest absolute Gasteiger partial charge is 0.317 e. The Labute approximate surface area is 87.6 Å². The minimum Gasteiger partial charge on any atom is -0.317 e. The first-order chi connectivity index (χ1) is 7.04. The van der Waals surface area contributed by atoms with E-state index in [1.807, 2.05) is 0 Å². The lowest BCUT2D eigenvalue weighted by molar-refractivity contribution is -0.166. The van der Waals surface area contributed by atoms with E-state index in [2.05, 4.69) is 10.6 Å². The Morgan fingerprint density at radius 1 is 1.20 bits per heavy atom. The molecule has 0 aromatic heterocycles. The quantitative estimate of drug-likeness (QED) is 0.759. The number of halogens is 3. The molecule has 1 aliphatic carbocycles.